The van der Waals surface area contributed by atoms with Crippen molar-refractivity contribution in [2.45, 2.75) is 0 Å². The normalized spacial score (nSPS) is 10.1. The fourth-order valence-electron chi connectivity index (χ4n) is 2.03. The second-order valence-electron chi connectivity index (χ2n) is 4.82. The summed E-state index contributed by atoms with van der Waals surface area (Å²) in [5, 5.41) is 18.2. The highest BCUT2D eigenvalue weighted by molar-refractivity contribution is 6.03. The third-order valence-corrected chi connectivity index (χ3v) is 3.23. The average molecular weight is 306 g/mol. The highest BCUT2D eigenvalue weighted by Crippen LogP contribution is 2.18. The molecule has 112 valence electrons. The number of nitriles is 1. The molecule has 0 aliphatic heterocycles. The van der Waals surface area contributed by atoms with Gasteiger partial charge in [-0.2, -0.15) is 10.4 Å². The van der Waals surface area contributed by atoms with Crippen LogP contribution in [0.25, 0.3) is 11.3 Å². The number of halogens is 1. The quantitative estimate of drug-likeness (QED) is 0.778. The number of carbonyl (C=O) groups is 1. The van der Waals surface area contributed by atoms with Crippen LogP contribution in [0.3, 0.4) is 0 Å². The second kappa shape index (κ2) is 6.12. The van der Waals surface area contributed by atoms with E-state index >= 15 is 0 Å². The Morgan fingerprint density at radius 2 is 1.83 bits per heavy atom. The summed E-state index contributed by atoms with van der Waals surface area (Å²) in [7, 11) is 0. The lowest BCUT2D eigenvalue weighted by molar-refractivity contribution is 0.102. The number of hydrogen-bond acceptors (Lipinski definition) is 3. The van der Waals surface area contributed by atoms with Crippen LogP contribution in [0.4, 0.5) is 10.1 Å². The lowest BCUT2D eigenvalue weighted by atomic mass is 10.1. The van der Waals surface area contributed by atoms with Gasteiger partial charge in [-0.05, 0) is 54.6 Å². The van der Waals surface area contributed by atoms with Crippen LogP contribution in [0, 0.1) is 17.1 Å². The fourth-order valence-corrected chi connectivity index (χ4v) is 2.03. The zero-order chi connectivity index (χ0) is 16.2. The van der Waals surface area contributed by atoms with Gasteiger partial charge in [-0.3, -0.25) is 9.89 Å². The van der Waals surface area contributed by atoms with Crippen molar-refractivity contribution in [3.8, 4) is 17.3 Å². The smallest absolute Gasteiger partial charge is 0.273 e. The third kappa shape index (κ3) is 3.24. The Morgan fingerprint density at radius 3 is 2.48 bits per heavy atom. The van der Waals surface area contributed by atoms with Crippen LogP contribution in [0.2, 0.25) is 0 Å². The first-order valence-corrected chi connectivity index (χ1v) is 6.78. The van der Waals surface area contributed by atoms with E-state index < -0.39 is 0 Å². The summed E-state index contributed by atoms with van der Waals surface area (Å²) in [6, 6.07) is 16.0. The van der Waals surface area contributed by atoms with Crippen LogP contribution in [-0.2, 0) is 0 Å². The van der Waals surface area contributed by atoms with Crippen molar-refractivity contribution < 1.29 is 9.18 Å². The van der Waals surface area contributed by atoms with E-state index in [1.165, 1.54) is 12.1 Å². The molecule has 23 heavy (non-hydrogen) atoms. The first-order valence-electron chi connectivity index (χ1n) is 6.78. The summed E-state index contributed by atoms with van der Waals surface area (Å²) < 4.78 is 12.9. The molecule has 0 atom stereocenters. The van der Waals surface area contributed by atoms with Gasteiger partial charge in [-0.1, -0.05) is 0 Å². The Morgan fingerprint density at radius 1 is 1.13 bits per heavy atom. The fraction of sp³-hybridized carbons (Fsp3) is 0. The Bertz CT molecular complexity index is 876. The second-order valence-corrected chi connectivity index (χ2v) is 4.82. The number of hydrogen-bond donors (Lipinski definition) is 2. The molecule has 0 saturated heterocycles. The number of nitrogens with zero attached hydrogens (tertiary/aromatic N) is 2. The minimum atomic E-state index is -0.351. The molecule has 2 N–H and O–H groups in total. The van der Waals surface area contributed by atoms with Gasteiger partial charge in [0.1, 0.15) is 11.5 Å². The van der Waals surface area contributed by atoms with Gasteiger partial charge in [0, 0.05) is 11.3 Å². The number of amides is 1. The average Bonchev–Trinajstić information content (AvgIpc) is 3.06. The number of H-pyrrole nitrogens is 1. The molecule has 3 aromatic rings. The number of aromatic nitrogens is 2. The zero-order valence-electron chi connectivity index (χ0n) is 11.9. The monoisotopic (exact) mass is 306 g/mol. The molecule has 5 nitrogen and oxygen atoms in total. The molecule has 3 rings (SSSR count). The van der Waals surface area contributed by atoms with Crippen molar-refractivity contribution >= 4 is 11.6 Å². The summed E-state index contributed by atoms with van der Waals surface area (Å²) in [5.41, 5.74) is 2.64. The molecular formula is C17H11FN4O. The number of carbonyl (C=O) groups excluding carboxylic acids is 1. The molecule has 0 saturated carbocycles. The van der Waals surface area contributed by atoms with Crippen molar-refractivity contribution in [3.63, 3.8) is 0 Å². The lowest BCUT2D eigenvalue weighted by Gasteiger charge is -2.02. The van der Waals surface area contributed by atoms with E-state index in [2.05, 4.69) is 15.5 Å². The maximum absolute atomic E-state index is 12.9. The molecule has 1 amide bonds. The van der Waals surface area contributed by atoms with Gasteiger partial charge < -0.3 is 5.32 Å². The topological polar surface area (TPSA) is 81.6 Å². The molecule has 0 unspecified atom stereocenters. The van der Waals surface area contributed by atoms with Crippen LogP contribution < -0.4 is 5.32 Å². The van der Waals surface area contributed by atoms with E-state index in [-0.39, 0.29) is 17.4 Å². The molecule has 0 radical (unpaired) electrons. The van der Waals surface area contributed by atoms with E-state index in [1.54, 1.807) is 42.5 Å². The number of nitrogens with one attached hydrogen (secondary N) is 2. The van der Waals surface area contributed by atoms with E-state index in [0.717, 1.165) is 0 Å². The zero-order valence-corrected chi connectivity index (χ0v) is 11.9. The summed E-state index contributed by atoms with van der Waals surface area (Å²) in [4.78, 5) is 12.2. The predicted octanol–water partition coefficient (Wildman–Crippen LogP) is 3.34. The summed E-state index contributed by atoms with van der Waals surface area (Å²) in [5.74, 6) is -0.682. The first-order chi connectivity index (χ1) is 11.2. The Kier molecular flexibility index (Phi) is 3.85. The lowest BCUT2D eigenvalue weighted by Crippen LogP contribution is -2.12. The highest BCUT2D eigenvalue weighted by atomic mass is 19.1. The standard InChI is InChI=1S/C17H11FN4O/c18-13-5-3-12(4-6-13)15-9-16(22-21-15)17(23)20-14-7-1-11(10-19)2-8-14/h1-9H,(H,20,23)(H,21,22). The maximum Gasteiger partial charge on any atom is 0.273 e. The number of rotatable bonds is 3. The molecular weight excluding hydrogens is 295 g/mol. The minimum absolute atomic E-state index is 0.286. The Labute approximate surface area is 131 Å². The van der Waals surface area contributed by atoms with Gasteiger partial charge in [0.05, 0.1) is 17.3 Å². The number of anilines is 1. The molecule has 1 aromatic heterocycles. The third-order valence-electron chi connectivity index (χ3n) is 3.23. The molecule has 0 aliphatic rings. The first kappa shape index (κ1) is 14.5. The Hall–Kier alpha value is -3.46. The SMILES string of the molecule is N#Cc1ccc(NC(=O)c2cc(-c3ccc(F)cc3)n[nH]2)cc1. The molecule has 0 spiro atoms. The summed E-state index contributed by atoms with van der Waals surface area (Å²) >= 11 is 0. The van der Waals surface area contributed by atoms with Crippen molar-refractivity contribution in [1.82, 2.24) is 10.2 Å². The molecule has 2 aromatic carbocycles. The van der Waals surface area contributed by atoms with Gasteiger partial charge in [-0.25, -0.2) is 4.39 Å². The summed E-state index contributed by atoms with van der Waals surface area (Å²) in [6.07, 6.45) is 0. The van der Waals surface area contributed by atoms with Crippen molar-refractivity contribution in [2.75, 3.05) is 5.32 Å². The molecule has 0 aliphatic carbocycles. The Balaban J connectivity index is 1.75. The van der Waals surface area contributed by atoms with Gasteiger partial charge in [0.15, 0.2) is 0 Å². The van der Waals surface area contributed by atoms with Gasteiger partial charge in [0.25, 0.3) is 5.91 Å². The van der Waals surface area contributed by atoms with Gasteiger partial charge >= 0.3 is 0 Å². The molecule has 6 heteroatoms. The van der Waals surface area contributed by atoms with Crippen LogP contribution in [0.5, 0.6) is 0 Å². The van der Waals surface area contributed by atoms with Crippen molar-refractivity contribution in [3.05, 3.63) is 71.7 Å². The van der Waals surface area contributed by atoms with Crippen LogP contribution >= 0.6 is 0 Å². The molecule has 0 bridgehead atoms. The van der Waals surface area contributed by atoms with E-state index in [9.17, 15) is 9.18 Å². The van der Waals surface area contributed by atoms with Gasteiger partial charge in [0.2, 0.25) is 0 Å². The van der Waals surface area contributed by atoms with Crippen LogP contribution in [0.15, 0.2) is 54.6 Å². The highest BCUT2D eigenvalue weighted by Gasteiger charge is 2.11. The van der Waals surface area contributed by atoms with E-state index in [1.807, 2.05) is 6.07 Å². The molecule has 1 heterocycles. The van der Waals surface area contributed by atoms with Crippen molar-refractivity contribution in [1.29, 1.82) is 5.26 Å². The summed E-state index contributed by atoms with van der Waals surface area (Å²) in [6.45, 7) is 0. The maximum atomic E-state index is 12.9. The van der Waals surface area contributed by atoms with Crippen LogP contribution in [0.1, 0.15) is 16.1 Å². The number of benzene rings is 2. The molecule has 0 fully saturated rings. The largest absolute Gasteiger partial charge is 0.321 e. The van der Waals surface area contributed by atoms with Crippen LogP contribution in [-0.4, -0.2) is 16.1 Å². The van der Waals surface area contributed by atoms with Gasteiger partial charge in [-0.15, -0.1) is 0 Å². The van der Waals surface area contributed by atoms with E-state index in [4.69, 9.17) is 5.26 Å². The van der Waals surface area contributed by atoms with E-state index in [0.29, 0.717) is 22.5 Å². The number of aromatic amines is 1. The predicted molar refractivity (Wildman–Crippen MR) is 83.1 cm³/mol. The van der Waals surface area contributed by atoms with Crippen molar-refractivity contribution in [2.24, 2.45) is 0 Å². The minimum Gasteiger partial charge on any atom is -0.321 e.